The Bertz CT molecular complexity index is 293. The minimum atomic E-state index is -1.56. The van der Waals surface area contributed by atoms with Gasteiger partial charge in [-0.2, -0.15) is 0 Å². The molecule has 0 heterocycles. The number of unbranched alkanes of at least 4 members (excludes halogenated alkanes) is 5. The molecule has 0 spiro atoms. The second kappa shape index (κ2) is 8.72. The van der Waals surface area contributed by atoms with E-state index in [-0.39, 0.29) is 6.42 Å². The molecule has 0 saturated carbocycles. The molecule has 0 saturated heterocycles. The van der Waals surface area contributed by atoms with E-state index in [1.54, 1.807) is 6.29 Å². The lowest BCUT2D eigenvalue weighted by Gasteiger charge is -2.20. The summed E-state index contributed by atoms with van der Waals surface area (Å²) in [7, 11) is 0. The highest BCUT2D eigenvalue weighted by Crippen LogP contribution is 2.25. The third-order valence-corrected chi connectivity index (χ3v) is 3.21. The number of carbonyl (C=O) groups is 2. The highest BCUT2D eigenvalue weighted by atomic mass is 16.2. The Morgan fingerprint density at radius 3 is 1.83 bits per heavy atom. The van der Waals surface area contributed by atoms with Crippen LogP contribution in [-0.4, -0.2) is 24.1 Å². The summed E-state index contributed by atoms with van der Waals surface area (Å²) in [6.45, 7) is 2.51. The van der Waals surface area contributed by atoms with E-state index in [9.17, 15) is 19.2 Å². The molecular weight excluding hydrogens is 232 g/mol. The fourth-order valence-electron chi connectivity index (χ4n) is 1.91. The van der Waals surface area contributed by atoms with Gasteiger partial charge in [0.1, 0.15) is 0 Å². The van der Waals surface area contributed by atoms with E-state index < -0.39 is 17.0 Å². The van der Waals surface area contributed by atoms with Crippen molar-refractivity contribution < 1.29 is 19.2 Å². The predicted molar refractivity (Wildman–Crippen MR) is 67.5 cm³/mol. The molecule has 0 atom stereocenters. The zero-order chi connectivity index (χ0) is 14.0. The molecule has 0 aliphatic heterocycles. The van der Waals surface area contributed by atoms with Gasteiger partial charge < -0.3 is 0 Å². The summed E-state index contributed by atoms with van der Waals surface area (Å²) >= 11 is 0. The lowest BCUT2D eigenvalue weighted by Crippen LogP contribution is -2.38. The zero-order valence-corrected chi connectivity index (χ0v) is 11.1. The summed E-state index contributed by atoms with van der Waals surface area (Å²) in [4.78, 5) is 43.7. The normalized spacial score (nSPS) is 11.0. The van der Waals surface area contributed by atoms with E-state index in [2.05, 4.69) is 0 Å². The third kappa shape index (κ3) is 4.90. The molecule has 4 heteroatoms. The van der Waals surface area contributed by atoms with Gasteiger partial charge in [-0.3, -0.25) is 19.2 Å². The molecular formula is C14H20O4. The highest BCUT2D eigenvalue weighted by Gasteiger charge is 2.40. The van der Waals surface area contributed by atoms with Gasteiger partial charge in [-0.25, -0.2) is 0 Å². The molecule has 0 rings (SSSR count). The topological polar surface area (TPSA) is 68.3 Å². The van der Waals surface area contributed by atoms with E-state index in [1.165, 1.54) is 13.8 Å². The van der Waals surface area contributed by atoms with Crippen LogP contribution < -0.4 is 0 Å². The van der Waals surface area contributed by atoms with Gasteiger partial charge in [0.25, 0.3) is 0 Å². The molecule has 18 heavy (non-hydrogen) atoms. The van der Waals surface area contributed by atoms with Crippen molar-refractivity contribution in [1.82, 2.24) is 0 Å². The number of hydrogen-bond donors (Lipinski definition) is 0. The van der Waals surface area contributed by atoms with Crippen molar-refractivity contribution in [3.05, 3.63) is 0 Å². The maximum Gasteiger partial charge on any atom is 0.220 e. The Hall–Kier alpha value is -1.32. The van der Waals surface area contributed by atoms with Gasteiger partial charge in [-0.1, -0.05) is 25.7 Å². The van der Waals surface area contributed by atoms with Crippen LogP contribution in [0.1, 0.15) is 58.8 Å². The molecule has 0 aromatic heterocycles. The molecule has 0 aliphatic carbocycles. The van der Waals surface area contributed by atoms with Crippen molar-refractivity contribution in [2.45, 2.75) is 58.8 Å². The van der Waals surface area contributed by atoms with Gasteiger partial charge in [0.05, 0.1) is 0 Å². The Labute approximate surface area is 108 Å². The fourth-order valence-corrected chi connectivity index (χ4v) is 1.91. The van der Waals surface area contributed by atoms with E-state index in [1.807, 2.05) is 6.29 Å². The van der Waals surface area contributed by atoms with E-state index >= 15 is 0 Å². The van der Waals surface area contributed by atoms with Gasteiger partial charge >= 0.3 is 0 Å². The lowest BCUT2D eigenvalue weighted by molar-refractivity contribution is -0.134. The summed E-state index contributed by atoms with van der Waals surface area (Å²) in [6.07, 6.45) is 8.28. The van der Waals surface area contributed by atoms with Crippen molar-refractivity contribution in [3.8, 4) is 0 Å². The molecule has 0 aromatic rings. The molecule has 4 nitrogen and oxygen atoms in total. The number of Topliss-reactive ketones (excluding diaryl/α,β-unsaturated/α-hetero) is 2. The van der Waals surface area contributed by atoms with E-state index in [0.717, 1.165) is 25.7 Å². The average Bonchev–Trinajstić information content (AvgIpc) is 2.32. The number of carbonyl (C=O) groups excluding carboxylic acids is 4. The van der Waals surface area contributed by atoms with Crippen molar-refractivity contribution in [1.29, 1.82) is 0 Å². The summed E-state index contributed by atoms with van der Waals surface area (Å²) in [5.74, 6) is -0.860. The summed E-state index contributed by atoms with van der Waals surface area (Å²) < 4.78 is 0. The van der Waals surface area contributed by atoms with Crippen molar-refractivity contribution >= 4 is 24.1 Å². The van der Waals surface area contributed by atoms with E-state index in [4.69, 9.17) is 0 Å². The third-order valence-electron chi connectivity index (χ3n) is 3.21. The standard InChI is InChI=1S/C14H20O4/c1-12(17)14(11-16,13(2)18)9-7-5-3-4-6-8-10-15/h3-9H2,1-2H3. The summed E-state index contributed by atoms with van der Waals surface area (Å²) in [5, 5.41) is 0. The molecule has 0 bridgehead atoms. The van der Waals surface area contributed by atoms with Gasteiger partial charge in [-0.05, 0) is 26.7 Å². The molecule has 0 aromatic carbocycles. The zero-order valence-electron chi connectivity index (χ0n) is 11.1. The van der Waals surface area contributed by atoms with E-state index in [0.29, 0.717) is 12.8 Å². The molecule has 100 valence electrons. The first-order chi connectivity index (χ1) is 8.51. The van der Waals surface area contributed by atoms with Crippen LogP contribution in [0.3, 0.4) is 0 Å². The second-order valence-corrected chi connectivity index (χ2v) is 4.53. The fraction of sp³-hybridized carbons (Fsp3) is 0.714. The predicted octanol–water partition coefficient (Wildman–Crippen LogP) is 2.10. The van der Waals surface area contributed by atoms with Crippen molar-refractivity contribution in [3.63, 3.8) is 0 Å². The second-order valence-electron chi connectivity index (χ2n) is 4.53. The van der Waals surface area contributed by atoms with Crippen LogP contribution in [0, 0.1) is 5.41 Å². The van der Waals surface area contributed by atoms with Gasteiger partial charge in [-0.15, -0.1) is 0 Å². The van der Waals surface area contributed by atoms with Crippen molar-refractivity contribution in [2.24, 2.45) is 5.41 Å². The minimum Gasteiger partial charge on any atom is -0.298 e. The molecule has 0 unspecified atom stereocenters. The van der Waals surface area contributed by atoms with Gasteiger partial charge in [0.15, 0.2) is 23.3 Å². The first-order valence-electron chi connectivity index (χ1n) is 6.27. The summed E-state index contributed by atoms with van der Waals surface area (Å²) in [6, 6.07) is 0. The van der Waals surface area contributed by atoms with Crippen LogP contribution in [0.2, 0.25) is 0 Å². The number of hydrogen-bond acceptors (Lipinski definition) is 4. The Morgan fingerprint density at radius 1 is 0.889 bits per heavy atom. The Morgan fingerprint density at radius 2 is 1.39 bits per heavy atom. The molecule has 0 amide bonds. The smallest absolute Gasteiger partial charge is 0.220 e. The summed E-state index contributed by atoms with van der Waals surface area (Å²) in [5.41, 5.74) is -1.56. The van der Waals surface area contributed by atoms with Crippen LogP contribution in [0.5, 0.6) is 0 Å². The molecule has 0 N–H and O–H groups in total. The monoisotopic (exact) mass is 252 g/mol. The molecule has 0 fully saturated rings. The first kappa shape index (κ1) is 16.7. The quantitative estimate of drug-likeness (QED) is 0.417. The SMILES string of the molecule is CC(=O)C([C]=O)(CCCCCCC[C]=O)C(C)=O. The number of ketones is 2. The lowest BCUT2D eigenvalue weighted by atomic mass is 9.77. The molecule has 0 aliphatic rings. The average molecular weight is 252 g/mol. The minimum absolute atomic E-state index is 0.237. The van der Waals surface area contributed by atoms with Crippen LogP contribution in [0.4, 0.5) is 0 Å². The Balaban J connectivity index is 4.06. The largest absolute Gasteiger partial charge is 0.298 e. The van der Waals surface area contributed by atoms with Crippen LogP contribution >= 0.6 is 0 Å². The highest BCUT2D eigenvalue weighted by molar-refractivity contribution is 6.17. The van der Waals surface area contributed by atoms with Gasteiger partial charge in [0.2, 0.25) is 6.29 Å². The van der Waals surface area contributed by atoms with Crippen LogP contribution in [-0.2, 0) is 19.2 Å². The maximum absolute atomic E-state index is 11.4. The molecule has 2 radical (unpaired) electrons. The maximum atomic E-state index is 11.4. The van der Waals surface area contributed by atoms with Crippen LogP contribution in [0.25, 0.3) is 0 Å². The van der Waals surface area contributed by atoms with Crippen molar-refractivity contribution in [2.75, 3.05) is 0 Å². The Kier molecular flexibility index (Phi) is 8.08. The van der Waals surface area contributed by atoms with Crippen LogP contribution in [0.15, 0.2) is 0 Å². The first-order valence-corrected chi connectivity index (χ1v) is 6.27. The number of rotatable bonds is 11. The van der Waals surface area contributed by atoms with Gasteiger partial charge in [0, 0.05) is 6.42 Å².